The zero-order valence-electron chi connectivity index (χ0n) is 14.5. The summed E-state index contributed by atoms with van der Waals surface area (Å²) >= 11 is 0. The fourth-order valence-electron chi connectivity index (χ4n) is 2.26. The zero-order chi connectivity index (χ0) is 17.8. The summed E-state index contributed by atoms with van der Waals surface area (Å²) in [5.74, 6) is -1.61. The summed E-state index contributed by atoms with van der Waals surface area (Å²) < 4.78 is 0. The Morgan fingerprint density at radius 2 is 1.57 bits per heavy atom. The second kappa shape index (κ2) is 7.63. The van der Waals surface area contributed by atoms with Crippen LogP contribution in [0.25, 0.3) is 0 Å². The molecule has 3 amide bonds. The number of carbonyl (C=O) groups excluding carboxylic acids is 2. The number of carboxylic acid groups (broad SMARTS) is 1. The van der Waals surface area contributed by atoms with Gasteiger partial charge < -0.3 is 25.5 Å². The Bertz CT molecular complexity index is 453. The molecule has 1 saturated heterocycles. The molecule has 0 saturated carbocycles. The number of aliphatic carboxylic acids is 1. The van der Waals surface area contributed by atoms with Gasteiger partial charge in [0.1, 0.15) is 12.1 Å². The minimum absolute atomic E-state index is 0.295. The first-order valence-corrected chi connectivity index (χ1v) is 7.79. The fraction of sp³-hybridized carbons (Fsp3) is 0.800. The second-order valence-corrected chi connectivity index (χ2v) is 7.11. The second-order valence-electron chi connectivity index (χ2n) is 7.11. The highest BCUT2D eigenvalue weighted by atomic mass is 16.4. The largest absolute Gasteiger partial charge is 0.480 e. The maximum absolute atomic E-state index is 12.4. The van der Waals surface area contributed by atoms with Gasteiger partial charge in [-0.25, -0.2) is 4.79 Å². The number of nitrogens with zero attached hydrogens (tertiary/aromatic N) is 2. The minimum Gasteiger partial charge on any atom is -0.480 e. The van der Waals surface area contributed by atoms with Crippen LogP contribution in [0.3, 0.4) is 0 Å². The molecule has 0 aromatic carbocycles. The molecule has 8 heteroatoms. The maximum atomic E-state index is 12.4. The number of urea groups is 1. The van der Waals surface area contributed by atoms with Crippen LogP contribution in [0, 0.1) is 5.41 Å². The van der Waals surface area contributed by atoms with E-state index in [0.29, 0.717) is 13.1 Å². The Morgan fingerprint density at radius 1 is 1.04 bits per heavy atom. The predicted octanol–water partition coefficient (Wildman–Crippen LogP) is -0.0526. The van der Waals surface area contributed by atoms with E-state index in [9.17, 15) is 14.4 Å². The molecular formula is C15H28N4O4. The van der Waals surface area contributed by atoms with Gasteiger partial charge in [0.05, 0.1) is 0 Å². The number of hydrogen-bond acceptors (Lipinski definition) is 4. The molecule has 1 fully saturated rings. The number of carboxylic acids is 1. The number of likely N-dealkylation sites (N-methyl/N-ethyl adjacent to an activating group) is 1. The van der Waals surface area contributed by atoms with Crippen molar-refractivity contribution in [3.63, 3.8) is 0 Å². The molecule has 0 aliphatic carbocycles. The molecular weight excluding hydrogens is 300 g/mol. The Kier molecular flexibility index (Phi) is 6.37. The molecule has 8 nitrogen and oxygen atoms in total. The first-order valence-electron chi connectivity index (χ1n) is 7.79. The van der Waals surface area contributed by atoms with Crippen LogP contribution in [-0.2, 0) is 9.59 Å². The Morgan fingerprint density at radius 3 is 2.00 bits per heavy atom. The normalized spacial score (nSPS) is 18.9. The highest BCUT2D eigenvalue weighted by Gasteiger charge is 2.35. The van der Waals surface area contributed by atoms with Gasteiger partial charge in [0.15, 0.2) is 0 Å². The van der Waals surface area contributed by atoms with Crippen molar-refractivity contribution in [1.29, 1.82) is 0 Å². The SMILES string of the molecule is C[C@H](NC(=O)[C@@H](NC(=O)N1CCN(C)CC1)C(C)(C)C)C(=O)O. The van der Waals surface area contributed by atoms with Gasteiger partial charge in [0.2, 0.25) is 5.91 Å². The molecule has 1 rings (SSSR count). The molecule has 0 aromatic heterocycles. The molecule has 0 bridgehead atoms. The average Bonchev–Trinajstić information content (AvgIpc) is 2.43. The fourth-order valence-corrected chi connectivity index (χ4v) is 2.26. The van der Waals surface area contributed by atoms with Gasteiger partial charge in [0, 0.05) is 26.2 Å². The lowest BCUT2D eigenvalue weighted by atomic mass is 9.86. The topological polar surface area (TPSA) is 102 Å². The third-order valence-corrected chi connectivity index (χ3v) is 3.92. The van der Waals surface area contributed by atoms with Crippen molar-refractivity contribution >= 4 is 17.9 Å². The molecule has 0 unspecified atom stereocenters. The van der Waals surface area contributed by atoms with E-state index in [0.717, 1.165) is 13.1 Å². The molecule has 0 radical (unpaired) electrons. The summed E-state index contributed by atoms with van der Waals surface area (Å²) in [6.07, 6.45) is 0. The summed E-state index contributed by atoms with van der Waals surface area (Å²) in [7, 11) is 1.99. The lowest BCUT2D eigenvalue weighted by Gasteiger charge is -2.36. The Balaban J connectivity index is 2.73. The average molecular weight is 328 g/mol. The summed E-state index contributed by atoms with van der Waals surface area (Å²) in [4.78, 5) is 39.4. The Labute approximate surface area is 137 Å². The van der Waals surface area contributed by atoms with Gasteiger partial charge in [-0.1, -0.05) is 20.8 Å². The van der Waals surface area contributed by atoms with Crippen molar-refractivity contribution in [2.24, 2.45) is 5.41 Å². The standard InChI is InChI=1S/C15H28N4O4/c1-10(13(21)22)16-12(20)11(15(2,3)4)17-14(23)19-8-6-18(5)7-9-19/h10-11H,6-9H2,1-5H3,(H,16,20)(H,17,23)(H,21,22)/t10-,11+/m0/s1. The molecule has 0 spiro atoms. The zero-order valence-corrected chi connectivity index (χ0v) is 14.5. The monoisotopic (exact) mass is 328 g/mol. The van der Waals surface area contributed by atoms with Gasteiger partial charge >= 0.3 is 12.0 Å². The molecule has 1 aliphatic rings. The van der Waals surface area contributed by atoms with Gasteiger partial charge in [-0.3, -0.25) is 9.59 Å². The van der Waals surface area contributed by atoms with Crippen molar-refractivity contribution in [2.45, 2.75) is 39.8 Å². The van der Waals surface area contributed by atoms with Crippen LogP contribution in [0.4, 0.5) is 4.79 Å². The predicted molar refractivity (Wildman–Crippen MR) is 86.1 cm³/mol. The van der Waals surface area contributed by atoms with Crippen molar-refractivity contribution in [3.05, 3.63) is 0 Å². The van der Waals surface area contributed by atoms with Crippen LogP contribution >= 0.6 is 0 Å². The number of rotatable bonds is 4. The molecule has 2 atom stereocenters. The lowest BCUT2D eigenvalue weighted by molar-refractivity contribution is -0.142. The van der Waals surface area contributed by atoms with E-state index < -0.39 is 29.4 Å². The molecule has 132 valence electrons. The van der Waals surface area contributed by atoms with Gasteiger partial charge in [-0.15, -0.1) is 0 Å². The van der Waals surface area contributed by atoms with Gasteiger partial charge in [0.25, 0.3) is 0 Å². The van der Waals surface area contributed by atoms with E-state index in [1.165, 1.54) is 6.92 Å². The number of carbonyl (C=O) groups is 3. The molecule has 1 aliphatic heterocycles. The van der Waals surface area contributed by atoms with E-state index in [1.807, 2.05) is 27.8 Å². The maximum Gasteiger partial charge on any atom is 0.325 e. The third kappa shape index (κ3) is 5.70. The van der Waals surface area contributed by atoms with Gasteiger partial charge in [-0.05, 0) is 19.4 Å². The van der Waals surface area contributed by atoms with Crippen LogP contribution < -0.4 is 10.6 Å². The molecule has 23 heavy (non-hydrogen) atoms. The first-order chi connectivity index (χ1) is 10.5. The molecule has 0 aromatic rings. The van der Waals surface area contributed by atoms with Gasteiger partial charge in [-0.2, -0.15) is 0 Å². The van der Waals surface area contributed by atoms with Crippen LogP contribution in [0.15, 0.2) is 0 Å². The highest BCUT2D eigenvalue weighted by molar-refractivity contribution is 5.90. The smallest absolute Gasteiger partial charge is 0.325 e. The minimum atomic E-state index is -1.11. The third-order valence-electron chi connectivity index (χ3n) is 3.92. The lowest BCUT2D eigenvalue weighted by Crippen LogP contribution is -2.60. The first kappa shape index (κ1) is 19.2. The number of amides is 3. The quantitative estimate of drug-likeness (QED) is 0.671. The van der Waals surface area contributed by atoms with E-state index in [2.05, 4.69) is 15.5 Å². The van der Waals surface area contributed by atoms with Crippen molar-refractivity contribution in [2.75, 3.05) is 33.2 Å². The van der Waals surface area contributed by atoms with Crippen molar-refractivity contribution in [1.82, 2.24) is 20.4 Å². The Hall–Kier alpha value is -1.83. The summed E-state index contributed by atoms with van der Waals surface area (Å²) in [5, 5.41) is 14.1. The summed E-state index contributed by atoms with van der Waals surface area (Å²) in [5.41, 5.74) is -0.537. The molecule has 3 N–H and O–H groups in total. The number of nitrogens with one attached hydrogen (secondary N) is 2. The molecule has 1 heterocycles. The number of piperazine rings is 1. The number of hydrogen-bond donors (Lipinski definition) is 3. The highest BCUT2D eigenvalue weighted by Crippen LogP contribution is 2.20. The summed E-state index contributed by atoms with van der Waals surface area (Å²) in [6.45, 7) is 9.65. The van der Waals surface area contributed by atoms with Crippen molar-refractivity contribution < 1.29 is 19.5 Å². The van der Waals surface area contributed by atoms with E-state index in [1.54, 1.807) is 4.90 Å². The van der Waals surface area contributed by atoms with Crippen LogP contribution in [-0.4, -0.2) is 78.1 Å². The van der Waals surface area contributed by atoms with E-state index in [-0.39, 0.29) is 6.03 Å². The van der Waals surface area contributed by atoms with Crippen LogP contribution in [0.5, 0.6) is 0 Å². The van der Waals surface area contributed by atoms with E-state index in [4.69, 9.17) is 5.11 Å². The van der Waals surface area contributed by atoms with Crippen LogP contribution in [0.1, 0.15) is 27.7 Å². The van der Waals surface area contributed by atoms with E-state index >= 15 is 0 Å². The van der Waals surface area contributed by atoms with Crippen LogP contribution in [0.2, 0.25) is 0 Å². The van der Waals surface area contributed by atoms with Crippen molar-refractivity contribution in [3.8, 4) is 0 Å². The summed E-state index contributed by atoms with van der Waals surface area (Å²) in [6, 6.07) is -2.11.